The van der Waals surface area contributed by atoms with Crippen molar-refractivity contribution in [3.05, 3.63) is 67.8 Å². The Hall–Kier alpha value is -2.93. The number of nitrogens with zero attached hydrogens (tertiary/aromatic N) is 5. The molecule has 2 fully saturated rings. The van der Waals surface area contributed by atoms with Crippen LogP contribution in [-0.2, 0) is 17.9 Å². The number of nitriles is 1. The summed E-state index contributed by atoms with van der Waals surface area (Å²) in [6.07, 6.45) is 6.66. The molecule has 0 saturated carbocycles. The second-order valence-electron chi connectivity index (χ2n) is 10.4. The van der Waals surface area contributed by atoms with Gasteiger partial charge in [0, 0.05) is 51.4 Å². The molecule has 1 aromatic heterocycles. The van der Waals surface area contributed by atoms with Gasteiger partial charge in [0.05, 0.1) is 4.91 Å². The standard InChI is InChI=1S/C31H39N5O2S2/c1-4-6-11-15-36-30(38)27(40-31(36)39)20-25-23(3)26(21-32)29(37)35(14-7-5-2)28(25)34-18-16-33(17-19-34)22-24-12-9-8-10-13-24/h8-10,12-13,20H,4-7,11,14-19,22H2,1-3H3. The van der Waals surface area contributed by atoms with Gasteiger partial charge < -0.3 is 4.90 Å². The summed E-state index contributed by atoms with van der Waals surface area (Å²) in [7, 11) is 0. The molecule has 4 rings (SSSR count). The lowest BCUT2D eigenvalue weighted by atomic mass is 10.0. The van der Waals surface area contributed by atoms with Crippen molar-refractivity contribution >= 4 is 46.1 Å². The number of benzene rings is 1. The zero-order valence-corrected chi connectivity index (χ0v) is 25.5. The first-order valence-electron chi connectivity index (χ1n) is 14.3. The first kappa shape index (κ1) is 30.0. The van der Waals surface area contributed by atoms with Crippen LogP contribution in [0.15, 0.2) is 40.0 Å². The van der Waals surface area contributed by atoms with E-state index in [1.54, 1.807) is 9.47 Å². The van der Waals surface area contributed by atoms with Crippen molar-refractivity contribution in [1.29, 1.82) is 5.26 Å². The maximum atomic E-state index is 13.6. The summed E-state index contributed by atoms with van der Waals surface area (Å²) >= 11 is 6.89. The summed E-state index contributed by atoms with van der Waals surface area (Å²) in [6.45, 7) is 11.3. The van der Waals surface area contributed by atoms with Crippen molar-refractivity contribution in [2.24, 2.45) is 0 Å². The Bertz CT molecular complexity index is 1350. The molecule has 2 saturated heterocycles. The number of hydrogen-bond acceptors (Lipinski definition) is 7. The molecule has 0 atom stereocenters. The number of hydrogen-bond donors (Lipinski definition) is 0. The molecule has 3 heterocycles. The van der Waals surface area contributed by atoms with Crippen molar-refractivity contribution in [2.75, 3.05) is 37.6 Å². The fourth-order valence-corrected chi connectivity index (χ4v) is 6.60. The minimum Gasteiger partial charge on any atom is -0.355 e. The summed E-state index contributed by atoms with van der Waals surface area (Å²) in [6, 6.07) is 12.6. The Kier molecular flexibility index (Phi) is 10.6. The third kappa shape index (κ3) is 6.68. The van der Waals surface area contributed by atoms with Gasteiger partial charge >= 0.3 is 0 Å². The number of unbranched alkanes of at least 4 members (excludes halogenated alkanes) is 3. The molecular weight excluding hydrogens is 539 g/mol. The minimum absolute atomic E-state index is 0.0889. The zero-order valence-electron chi connectivity index (χ0n) is 23.8. The molecule has 0 radical (unpaired) electrons. The van der Waals surface area contributed by atoms with E-state index in [2.05, 4.69) is 54.0 Å². The van der Waals surface area contributed by atoms with E-state index >= 15 is 0 Å². The Labute approximate surface area is 247 Å². The Morgan fingerprint density at radius 1 is 1.00 bits per heavy atom. The van der Waals surface area contributed by atoms with Crippen LogP contribution in [0.1, 0.15) is 68.2 Å². The first-order valence-corrected chi connectivity index (χ1v) is 15.6. The molecule has 2 aliphatic rings. The average molecular weight is 578 g/mol. The van der Waals surface area contributed by atoms with Crippen molar-refractivity contribution in [1.82, 2.24) is 14.4 Å². The van der Waals surface area contributed by atoms with Crippen LogP contribution < -0.4 is 10.5 Å². The lowest BCUT2D eigenvalue weighted by Gasteiger charge is -2.38. The van der Waals surface area contributed by atoms with Gasteiger partial charge in [0.2, 0.25) is 0 Å². The summed E-state index contributed by atoms with van der Waals surface area (Å²) in [4.78, 5) is 33.9. The van der Waals surface area contributed by atoms with Gasteiger partial charge in [-0.1, -0.05) is 87.4 Å². The normalized spacial score (nSPS) is 17.2. The van der Waals surface area contributed by atoms with Gasteiger partial charge in [0.1, 0.15) is 21.8 Å². The number of pyridine rings is 1. The first-order chi connectivity index (χ1) is 19.4. The van der Waals surface area contributed by atoms with Crippen molar-refractivity contribution in [3.63, 3.8) is 0 Å². The van der Waals surface area contributed by atoms with E-state index in [4.69, 9.17) is 12.2 Å². The van der Waals surface area contributed by atoms with E-state index in [9.17, 15) is 14.9 Å². The van der Waals surface area contributed by atoms with Crippen LogP contribution in [0.3, 0.4) is 0 Å². The van der Waals surface area contributed by atoms with E-state index in [1.165, 1.54) is 17.3 Å². The molecule has 212 valence electrons. The average Bonchev–Trinajstić information content (AvgIpc) is 3.22. The highest BCUT2D eigenvalue weighted by atomic mass is 32.2. The number of carbonyl (C=O) groups is 1. The van der Waals surface area contributed by atoms with Crippen LogP contribution in [0.2, 0.25) is 0 Å². The highest BCUT2D eigenvalue weighted by Crippen LogP contribution is 2.36. The highest BCUT2D eigenvalue weighted by Gasteiger charge is 2.33. The van der Waals surface area contributed by atoms with Crippen LogP contribution in [-0.4, -0.2) is 57.3 Å². The molecule has 40 heavy (non-hydrogen) atoms. The highest BCUT2D eigenvalue weighted by molar-refractivity contribution is 8.26. The smallest absolute Gasteiger partial charge is 0.270 e. The Morgan fingerprint density at radius 2 is 1.70 bits per heavy atom. The lowest BCUT2D eigenvalue weighted by Crippen LogP contribution is -2.48. The van der Waals surface area contributed by atoms with Gasteiger partial charge in [0.25, 0.3) is 11.5 Å². The molecule has 2 aromatic rings. The molecule has 0 N–H and O–H groups in total. The Balaban J connectivity index is 1.71. The van der Waals surface area contributed by atoms with Crippen molar-refractivity contribution in [3.8, 4) is 6.07 Å². The van der Waals surface area contributed by atoms with Gasteiger partial charge in [-0.25, -0.2) is 0 Å². The van der Waals surface area contributed by atoms with E-state index < -0.39 is 0 Å². The maximum Gasteiger partial charge on any atom is 0.270 e. The van der Waals surface area contributed by atoms with E-state index in [-0.39, 0.29) is 17.0 Å². The molecule has 9 heteroatoms. The predicted octanol–water partition coefficient (Wildman–Crippen LogP) is 5.54. The Morgan fingerprint density at radius 3 is 2.35 bits per heavy atom. The van der Waals surface area contributed by atoms with Crippen LogP contribution in [0.5, 0.6) is 0 Å². The fraction of sp³-hybridized carbons (Fsp3) is 0.484. The summed E-state index contributed by atoms with van der Waals surface area (Å²) < 4.78 is 2.34. The van der Waals surface area contributed by atoms with Gasteiger partial charge in [-0.15, -0.1) is 0 Å². The fourth-order valence-electron chi connectivity index (χ4n) is 5.31. The largest absolute Gasteiger partial charge is 0.355 e. The number of aromatic nitrogens is 1. The SMILES string of the molecule is CCCCCN1C(=O)C(=Cc2c(C)c(C#N)c(=O)n(CCCC)c2N2CCN(Cc3ccccc3)CC2)SC1=S. The van der Waals surface area contributed by atoms with Gasteiger partial charge in [-0.3, -0.25) is 24.0 Å². The number of thioether (sulfide) groups is 1. The second kappa shape index (κ2) is 14.1. The minimum atomic E-state index is -0.251. The number of rotatable bonds is 11. The van der Waals surface area contributed by atoms with Crippen LogP contribution in [0.4, 0.5) is 5.82 Å². The monoisotopic (exact) mass is 577 g/mol. The third-order valence-electron chi connectivity index (χ3n) is 7.64. The number of carbonyl (C=O) groups excluding carboxylic acids is 1. The topological polar surface area (TPSA) is 72.6 Å². The van der Waals surface area contributed by atoms with Gasteiger partial charge in [0.15, 0.2) is 0 Å². The summed E-state index contributed by atoms with van der Waals surface area (Å²) in [5.41, 5.74) is 2.58. The van der Waals surface area contributed by atoms with Crippen LogP contribution >= 0.6 is 24.0 Å². The molecule has 0 aliphatic carbocycles. The van der Waals surface area contributed by atoms with E-state index in [1.807, 2.05) is 19.1 Å². The molecule has 0 bridgehead atoms. The number of thiocarbonyl (C=S) groups is 1. The van der Waals surface area contributed by atoms with E-state index in [0.717, 1.165) is 76.2 Å². The van der Waals surface area contributed by atoms with Crippen LogP contribution in [0, 0.1) is 18.3 Å². The molecule has 0 unspecified atom stereocenters. The molecule has 1 amide bonds. The number of piperazine rings is 1. The van der Waals surface area contributed by atoms with Crippen molar-refractivity contribution < 1.29 is 4.79 Å². The molecule has 2 aliphatic heterocycles. The molecule has 7 nitrogen and oxygen atoms in total. The van der Waals surface area contributed by atoms with Crippen molar-refractivity contribution in [2.45, 2.75) is 66.0 Å². The van der Waals surface area contributed by atoms with Gasteiger partial charge in [-0.05, 0) is 37.0 Å². The summed E-state index contributed by atoms with van der Waals surface area (Å²) in [5.74, 6) is 0.722. The van der Waals surface area contributed by atoms with Gasteiger partial charge in [-0.2, -0.15) is 5.26 Å². The number of amides is 1. The maximum absolute atomic E-state index is 13.6. The zero-order chi connectivity index (χ0) is 28.6. The molecular formula is C31H39N5O2S2. The third-order valence-corrected chi connectivity index (χ3v) is 9.01. The molecule has 1 aromatic carbocycles. The summed E-state index contributed by atoms with van der Waals surface area (Å²) in [5, 5.41) is 9.96. The predicted molar refractivity (Wildman–Crippen MR) is 168 cm³/mol. The number of anilines is 1. The van der Waals surface area contributed by atoms with E-state index in [0.29, 0.717) is 27.9 Å². The molecule has 0 spiro atoms. The lowest BCUT2D eigenvalue weighted by molar-refractivity contribution is -0.122. The van der Waals surface area contributed by atoms with Crippen LogP contribution in [0.25, 0.3) is 6.08 Å². The second-order valence-corrected chi connectivity index (χ2v) is 12.1. The quantitative estimate of drug-likeness (QED) is 0.197.